The number of nitrogens with zero attached hydrogens (tertiary/aromatic N) is 1. The highest BCUT2D eigenvalue weighted by molar-refractivity contribution is 5.93. The Morgan fingerprint density at radius 1 is 1.39 bits per heavy atom. The fourth-order valence-electron chi connectivity index (χ4n) is 1.83. The first kappa shape index (κ1) is 10.5. The highest BCUT2D eigenvalue weighted by Crippen LogP contribution is 2.32. The average Bonchev–Trinajstić information content (AvgIpc) is 2.67. The predicted molar refractivity (Wildman–Crippen MR) is 61.7 cm³/mol. The molecule has 0 aliphatic carbocycles. The summed E-state index contributed by atoms with van der Waals surface area (Å²) in [7, 11) is 0. The SMILES string of the molecule is O=c1[nH]c(O)c(-c2cc(F)cc3cccnc23)o1. The van der Waals surface area contributed by atoms with Gasteiger partial charge in [0.2, 0.25) is 11.6 Å². The maximum absolute atomic E-state index is 13.5. The zero-order valence-electron chi connectivity index (χ0n) is 8.98. The minimum Gasteiger partial charge on any atom is -0.492 e. The Morgan fingerprint density at radius 2 is 2.22 bits per heavy atom. The quantitative estimate of drug-likeness (QED) is 0.688. The van der Waals surface area contributed by atoms with E-state index in [9.17, 15) is 14.3 Å². The Balaban J connectivity index is 2.41. The highest BCUT2D eigenvalue weighted by Gasteiger charge is 2.16. The molecule has 2 heterocycles. The van der Waals surface area contributed by atoms with E-state index in [0.717, 1.165) is 6.07 Å². The second-order valence-corrected chi connectivity index (χ2v) is 3.72. The average molecular weight is 246 g/mol. The van der Waals surface area contributed by atoms with Crippen LogP contribution in [0, 0.1) is 5.82 Å². The van der Waals surface area contributed by atoms with E-state index < -0.39 is 17.5 Å². The number of halogens is 1. The van der Waals surface area contributed by atoms with Crippen LogP contribution >= 0.6 is 0 Å². The molecule has 90 valence electrons. The molecule has 3 aromatic rings. The van der Waals surface area contributed by atoms with E-state index in [1.165, 1.54) is 12.3 Å². The van der Waals surface area contributed by atoms with E-state index in [0.29, 0.717) is 10.9 Å². The zero-order valence-corrected chi connectivity index (χ0v) is 8.98. The molecule has 2 aromatic heterocycles. The van der Waals surface area contributed by atoms with E-state index in [1.807, 2.05) is 0 Å². The third kappa shape index (κ3) is 1.55. The standard InChI is InChI=1S/C12H7FN2O3/c13-7-4-6-2-1-3-14-9(6)8(5-7)10-11(16)15-12(17)18-10/h1-5,16H,(H,15,17). The lowest BCUT2D eigenvalue weighted by atomic mass is 10.1. The summed E-state index contributed by atoms with van der Waals surface area (Å²) in [5.74, 6) is -1.88. The van der Waals surface area contributed by atoms with E-state index in [2.05, 4.69) is 9.97 Å². The van der Waals surface area contributed by atoms with Gasteiger partial charge in [0.1, 0.15) is 5.82 Å². The first-order chi connectivity index (χ1) is 8.65. The molecule has 0 saturated carbocycles. The molecule has 0 atom stereocenters. The largest absolute Gasteiger partial charge is 0.492 e. The maximum Gasteiger partial charge on any atom is 0.419 e. The molecule has 0 aliphatic rings. The van der Waals surface area contributed by atoms with E-state index in [4.69, 9.17) is 4.42 Å². The van der Waals surface area contributed by atoms with Crippen molar-refractivity contribution >= 4 is 10.9 Å². The van der Waals surface area contributed by atoms with Gasteiger partial charge in [0, 0.05) is 11.6 Å². The number of rotatable bonds is 1. The molecule has 2 N–H and O–H groups in total. The minimum atomic E-state index is -0.809. The van der Waals surface area contributed by atoms with Crippen LogP contribution in [0.1, 0.15) is 0 Å². The zero-order chi connectivity index (χ0) is 12.7. The topological polar surface area (TPSA) is 79.1 Å². The summed E-state index contributed by atoms with van der Waals surface area (Å²) < 4.78 is 18.3. The Labute approximate surface area is 99.5 Å². The van der Waals surface area contributed by atoms with Crippen molar-refractivity contribution in [2.45, 2.75) is 0 Å². The van der Waals surface area contributed by atoms with Crippen LogP contribution < -0.4 is 5.76 Å². The second kappa shape index (κ2) is 3.69. The third-order valence-electron chi connectivity index (χ3n) is 2.54. The van der Waals surface area contributed by atoms with Crippen molar-refractivity contribution < 1.29 is 13.9 Å². The molecule has 0 unspecified atom stereocenters. The number of aromatic nitrogens is 2. The van der Waals surface area contributed by atoms with Gasteiger partial charge in [-0.15, -0.1) is 0 Å². The molecular weight excluding hydrogens is 239 g/mol. The first-order valence-corrected chi connectivity index (χ1v) is 5.12. The van der Waals surface area contributed by atoms with Crippen molar-refractivity contribution in [1.82, 2.24) is 9.97 Å². The molecular formula is C12H7FN2O3. The smallest absolute Gasteiger partial charge is 0.419 e. The molecule has 1 aromatic carbocycles. The van der Waals surface area contributed by atoms with Crippen LogP contribution in [0.5, 0.6) is 5.88 Å². The van der Waals surface area contributed by atoms with Gasteiger partial charge in [0.25, 0.3) is 0 Å². The number of H-pyrrole nitrogens is 1. The van der Waals surface area contributed by atoms with E-state index >= 15 is 0 Å². The number of fused-ring (bicyclic) bond motifs is 1. The predicted octanol–water partition coefficient (Wildman–Crippen LogP) is 2.03. The number of hydrogen-bond donors (Lipinski definition) is 2. The summed E-state index contributed by atoms with van der Waals surface area (Å²) in [5.41, 5.74) is 0.665. The Kier molecular flexibility index (Phi) is 2.16. The van der Waals surface area contributed by atoms with Crippen LogP contribution in [0.2, 0.25) is 0 Å². The van der Waals surface area contributed by atoms with Crippen LogP contribution in [0.15, 0.2) is 39.7 Å². The van der Waals surface area contributed by atoms with Crippen LogP contribution in [0.3, 0.4) is 0 Å². The van der Waals surface area contributed by atoms with Gasteiger partial charge in [-0.05, 0) is 18.2 Å². The molecule has 18 heavy (non-hydrogen) atoms. The van der Waals surface area contributed by atoms with Crippen LogP contribution in [-0.4, -0.2) is 15.1 Å². The van der Waals surface area contributed by atoms with Gasteiger partial charge in [-0.3, -0.25) is 9.97 Å². The molecule has 0 radical (unpaired) electrons. The Bertz CT molecular complexity index is 791. The van der Waals surface area contributed by atoms with Crippen molar-refractivity contribution in [2.24, 2.45) is 0 Å². The summed E-state index contributed by atoms with van der Waals surface area (Å²) in [4.78, 5) is 17.2. The van der Waals surface area contributed by atoms with Crippen LogP contribution in [-0.2, 0) is 0 Å². The molecule has 5 nitrogen and oxygen atoms in total. The fourth-order valence-corrected chi connectivity index (χ4v) is 1.83. The Hall–Kier alpha value is -2.63. The number of aromatic amines is 1. The number of hydrogen-bond acceptors (Lipinski definition) is 4. The lowest BCUT2D eigenvalue weighted by Crippen LogP contribution is -1.93. The normalized spacial score (nSPS) is 10.9. The van der Waals surface area contributed by atoms with Gasteiger partial charge in [-0.2, -0.15) is 0 Å². The van der Waals surface area contributed by atoms with Gasteiger partial charge in [0.05, 0.1) is 11.1 Å². The molecule has 3 rings (SSSR count). The molecule has 0 fully saturated rings. The summed E-state index contributed by atoms with van der Waals surface area (Å²) in [6.07, 6.45) is 1.53. The van der Waals surface area contributed by atoms with Gasteiger partial charge in [0.15, 0.2) is 0 Å². The monoisotopic (exact) mass is 246 g/mol. The number of nitrogens with one attached hydrogen (secondary N) is 1. The molecule has 6 heteroatoms. The molecule has 0 spiro atoms. The van der Waals surface area contributed by atoms with Crippen LogP contribution in [0.4, 0.5) is 4.39 Å². The van der Waals surface area contributed by atoms with Crippen molar-refractivity contribution in [3.05, 3.63) is 46.8 Å². The van der Waals surface area contributed by atoms with Crippen molar-refractivity contribution in [2.75, 3.05) is 0 Å². The minimum absolute atomic E-state index is 0.122. The van der Waals surface area contributed by atoms with Crippen molar-refractivity contribution in [3.63, 3.8) is 0 Å². The molecule has 0 amide bonds. The van der Waals surface area contributed by atoms with Gasteiger partial charge < -0.3 is 9.52 Å². The summed E-state index contributed by atoms with van der Waals surface area (Å²) >= 11 is 0. The third-order valence-corrected chi connectivity index (χ3v) is 2.54. The van der Waals surface area contributed by atoms with Crippen molar-refractivity contribution in [3.8, 4) is 17.2 Å². The van der Waals surface area contributed by atoms with Gasteiger partial charge in [-0.25, -0.2) is 9.18 Å². The summed E-state index contributed by atoms with van der Waals surface area (Å²) in [6.45, 7) is 0. The number of pyridine rings is 1. The molecule has 0 aliphatic heterocycles. The summed E-state index contributed by atoms with van der Waals surface area (Å²) in [5, 5.41) is 10.1. The molecule has 0 saturated heterocycles. The second-order valence-electron chi connectivity index (χ2n) is 3.72. The van der Waals surface area contributed by atoms with Crippen molar-refractivity contribution in [1.29, 1.82) is 0 Å². The number of aromatic hydroxyl groups is 1. The lowest BCUT2D eigenvalue weighted by Gasteiger charge is -2.03. The van der Waals surface area contributed by atoms with Gasteiger partial charge >= 0.3 is 5.76 Å². The summed E-state index contributed by atoms with van der Waals surface area (Å²) in [6, 6.07) is 5.81. The first-order valence-electron chi connectivity index (χ1n) is 5.12. The number of oxazole rings is 1. The van der Waals surface area contributed by atoms with E-state index in [-0.39, 0.29) is 11.3 Å². The maximum atomic E-state index is 13.5. The molecule has 0 bridgehead atoms. The highest BCUT2D eigenvalue weighted by atomic mass is 19.1. The number of benzene rings is 1. The van der Waals surface area contributed by atoms with E-state index in [1.54, 1.807) is 12.1 Å². The van der Waals surface area contributed by atoms with Gasteiger partial charge in [-0.1, -0.05) is 6.07 Å². The Morgan fingerprint density at radius 3 is 2.94 bits per heavy atom. The van der Waals surface area contributed by atoms with Crippen LogP contribution in [0.25, 0.3) is 22.2 Å². The lowest BCUT2D eigenvalue weighted by molar-refractivity contribution is 0.452. The fraction of sp³-hybridized carbons (Fsp3) is 0.